The Morgan fingerprint density at radius 1 is 1.11 bits per heavy atom. The number of nitrogens with zero attached hydrogens (tertiary/aromatic N) is 1. The van der Waals surface area contributed by atoms with E-state index in [-0.39, 0.29) is 6.03 Å². The molecule has 0 atom stereocenters. The lowest BCUT2D eigenvalue weighted by molar-refractivity contribution is 0.260. The van der Waals surface area contributed by atoms with E-state index < -0.39 is 0 Å². The van der Waals surface area contributed by atoms with E-state index in [1.54, 1.807) is 0 Å². The Balaban J connectivity index is 2.09. The Morgan fingerprint density at radius 2 is 1.83 bits per heavy atom. The van der Waals surface area contributed by atoms with Crippen LogP contribution in [0.3, 0.4) is 0 Å². The molecule has 0 aliphatic carbocycles. The Morgan fingerprint density at radius 3 is 2.50 bits per heavy atom. The van der Waals surface area contributed by atoms with Crippen molar-refractivity contribution >= 4 is 30.2 Å². The van der Waals surface area contributed by atoms with Crippen LogP contribution < -0.4 is 9.62 Å². The maximum absolute atomic E-state index is 12.0. The van der Waals surface area contributed by atoms with Crippen LogP contribution in [-0.4, -0.2) is 6.03 Å². The number of aryl methyl sites for hydroxylation is 1. The smallest absolute Gasteiger partial charge is 0.307 e. The number of hydrogen-bond donors (Lipinski definition) is 2. The van der Waals surface area contributed by atoms with Gasteiger partial charge in [-0.15, -0.1) is 0 Å². The van der Waals surface area contributed by atoms with Crippen molar-refractivity contribution in [3.8, 4) is 0 Å². The average molecular weight is 258 g/mol. The number of benzene rings is 2. The summed E-state index contributed by atoms with van der Waals surface area (Å²) in [4.78, 5) is 12.0. The van der Waals surface area contributed by atoms with Gasteiger partial charge in [0.25, 0.3) is 0 Å². The molecule has 2 aromatic carbocycles. The predicted molar refractivity (Wildman–Crippen MR) is 78.1 cm³/mol. The molecule has 4 heteroatoms. The van der Waals surface area contributed by atoms with Crippen LogP contribution in [0.25, 0.3) is 0 Å². The van der Waals surface area contributed by atoms with E-state index in [2.05, 4.69) is 18.1 Å². The molecule has 0 aromatic heterocycles. The quantitative estimate of drug-likeness (QED) is 0.787. The van der Waals surface area contributed by atoms with Gasteiger partial charge in [-0.2, -0.15) is 0 Å². The minimum atomic E-state index is -0.282. The standard InChI is InChI=1S/C14H14N2OS/c1-11-6-5-7-12(10-11)15-14(17)16(18)13-8-3-2-4-9-13/h2-10,18H,1H3,(H,15,17). The van der Waals surface area contributed by atoms with Crippen LogP contribution in [-0.2, 0) is 0 Å². The first-order valence-corrected chi connectivity index (χ1v) is 5.98. The molecule has 92 valence electrons. The highest BCUT2D eigenvalue weighted by atomic mass is 32.1. The number of urea groups is 1. The number of carbonyl (C=O) groups excluding carboxylic acids is 1. The van der Waals surface area contributed by atoms with Crippen LogP contribution in [0.2, 0.25) is 0 Å². The largest absolute Gasteiger partial charge is 0.336 e. The van der Waals surface area contributed by atoms with Crippen molar-refractivity contribution in [2.24, 2.45) is 0 Å². The number of hydrogen-bond acceptors (Lipinski definition) is 2. The van der Waals surface area contributed by atoms with E-state index in [1.165, 1.54) is 4.31 Å². The Labute approximate surface area is 112 Å². The minimum Gasteiger partial charge on any atom is -0.307 e. The highest BCUT2D eigenvalue weighted by Crippen LogP contribution is 2.17. The zero-order chi connectivity index (χ0) is 13.0. The van der Waals surface area contributed by atoms with Crippen LogP contribution in [0.1, 0.15) is 5.56 Å². The molecule has 0 unspecified atom stereocenters. The first kappa shape index (κ1) is 12.5. The normalized spacial score (nSPS) is 9.89. The van der Waals surface area contributed by atoms with Gasteiger partial charge < -0.3 is 5.32 Å². The molecule has 0 heterocycles. The van der Waals surface area contributed by atoms with Gasteiger partial charge in [0.1, 0.15) is 0 Å². The number of thiol groups is 1. The number of amides is 2. The summed E-state index contributed by atoms with van der Waals surface area (Å²) < 4.78 is 1.28. The molecular formula is C14H14N2OS. The summed E-state index contributed by atoms with van der Waals surface area (Å²) in [7, 11) is 0. The van der Waals surface area contributed by atoms with E-state index in [1.807, 2.05) is 61.5 Å². The van der Waals surface area contributed by atoms with Gasteiger partial charge in [0, 0.05) is 5.69 Å². The van der Waals surface area contributed by atoms with Crippen LogP contribution in [0.15, 0.2) is 54.6 Å². The zero-order valence-corrected chi connectivity index (χ0v) is 10.9. The molecule has 1 N–H and O–H groups in total. The van der Waals surface area contributed by atoms with Crippen molar-refractivity contribution in [2.45, 2.75) is 6.92 Å². The molecular weight excluding hydrogens is 244 g/mol. The van der Waals surface area contributed by atoms with Crippen LogP contribution >= 0.6 is 12.8 Å². The van der Waals surface area contributed by atoms with E-state index in [0.717, 1.165) is 16.9 Å². The third-order valence-corrected chi connectivity index (χ3v) is 2.88. The molecule has 0 radical (unpaired) electrons. The first-order chi connectivity index (χ1) is 8.66. The van der Waals surface area contributed by atoms with Gasteiger partial charge in [0.05, 0.1) is 5.69 Å². The van der Waals surface area contributed by atoms with Gasteiger partial charge in [-0.25, -0.2) is 9.10 Å². The zero-order valence-electron chi connectivity index (χ0n) is 10.00. The second-order valence-corrected chi connectivity index (χ2v) is 4.35. The van der Waals surface area contributed by atoms with Gasteiger partial charge in [0.2, 0.25) is 0 Å². The van der Waals surface area contributed by atoms with Gasteiger partial charge in [-0.3, -0.25) is 0 Å². The summed E-state index contributed by atoms with van der Waals surface area (Å²) >= 11 is 4.19. The second kappa shape index (κ2) is 5.60. The van der Waals surface area contributed by atoms with Gasteiger partial charge in [-0.1, -0.05) is 43.1 Å². The topological polar surface area (TPSA) is 32.3 Å². The van der Waals surface area contributed by atoms with E-state index in [0.29, 0.717) is 0 Å². The van der Waals surface area contributed by atoms with Crippen LogP contribution in [0, 0.1) is 6.92 Å². The molecule has 0 aliphatic heterocycles. The van der Waals surface area contributed by atoms with E-state index >= 15 is 0 Å². The molecule has 0 saturated heterocycles. The molecule has 2 aromatic rings. The Kier molecular flexibility index (Phi) is 3.89. The lowest BCUT2D eigenvalue weighted by Crippen LogP contribution is -2.26. The van der Waals surface area contributed by atoms with Crippen molar-refractivity contribution in [1.82, 2.24) is 0 Å². The maximum Gasteiger partial charge on any atom is 0.336 e. The predicted octanol–water partition coefficient (Wildman–Crippen LogP) is 3.88. The number of carbonyl (C=O) groups is 1. The molecule has 2 amide bonds. The fourth-order valence-electron chi connectivity index (χ4n) is 1.59. The minimum absolute atomic E-state index is 0.282. The highest BCUT2D eigenvalue weighted by molar-refractivity contribution is 7.82. The van der Waals surface area contributed by atoms with Crippen molar-refractivity contribution in [1.29, 1.82) is 0 Å². The van der Waals surface area contributed by atoms with Crippen molar-refractivity contribution < 1.29 is 4.79 Å². The molecule has 0 spiro atoms. The van der Waals surface area contributed by atoms with Crippen LogP contribution in [0.4, 0.5) is 16.2 Å². The highest BCUT2D eigenvalue weighted by Gasteiger charge is 2.11. The summed E-state index contributed by atoms with van der Waals surface area (Å²) in [5.74, 6) is 0. The summed E-state index contributed by atoms with van der Waals surface area (Å²) in [6, 6.07) is 16.6. The summed E-state index contributed by atoms with van der Waals surface area (Å²) in [5, 5.41) is 2.79. The molecule has 18 heavy (non-hydrogen) atoms. The summed E-state index contributed by atoms with van der Waals surface area (Å²) in [6.07, 6.45) is 0. The molecule has 0 aliphatic rings. The fraction of sp³-hybridized carbons (Fsp3) is 0.0714. The average Bonchev–Trinajstić information content (AvgIpc) is 2.39. The fourth-order valence-corrected chi connectivity index (χ4v) is 1.77. The third-order valence-electron chi connectivity index (χ3n) is 2.46. The molecule has 2 rings (SSSR count). The summed E-state index contributed by atoms with van der Waals surface area (Å²) in [6.45, 7) is 1.98. The number of para-hydroxylation sites is 1. The summed E-state index contributed by atoms with van der Waals surface area (Å²) in [5.41, 5.74) is 2.58. The SMILES string of the molecule is Cc1cccc(NC(=O)N(S)c2ccccc2)c1. The lowest BCUT2D eigenvalue weighted by Gasteiger charge is -2.16. The van der Waals surface area contributed by atoms with Crippen molar-refractivity contribution in [3.05, 3.63) is 60.2 Å². The monoisotopic (exact) mass is 258 g/mol. The third kappa shape index (κ3) is 3.05. The van der Waals surface area contributed by atoms with E-state index in [4.69, 9.17) is 0 Å². The van der Waals surface area contributed by atoms with Crippen molar-refractivity contribution in [3.63, 3.8) is 0 Å². The maximum atomic E-state index is 12.0. The van der Waals surface area contributed by atoms with E-state index in [9.17, 15) is 4.79 Å². The number of anilines is 2. The number of nitrogens with one attached hydrogen (secondary N) is 1. The van der Waals surface area contributed by atoms with Gasteiger partial charge in [0.15, 0.2) is 0 Å². The molecule has 3 nitrogen and oxygen atoms in total. The number of rotatable bonds is 2. The molecule has 0 saturated carbocycles. The van der Waals surface area contributed by atoms with Gasteiger partial charge in [-0.05, 0) is 36.8 Å². The Hall–Kier alpha value is -1.94. The van der Waals surface area contributed by atoms with Crippen LogP contribution in [0.5, 0.6) is 0 Å². The van der Waals surface area contributed by atoms with Crippen molar-refractivity contribution in [2.75, 3.05) is 9.62 Å². The van der Waals surface area contributed by atoms with Gasteiger partial charge >= 0.3 is 6.03 Å². The second-order valence-electron chi connectivity index (χ2n) is 3.95. The Bertz CT molecular complexity index is 543. The molecule has 0 fully saturated rings. The first-order valence-electron chi connectivity index (χ1n) is 5.58. The lowest BCUT2D eigenvalue weighted by atomic mass is 10.2. The molecule has 0 bridgehead atoms.